The number of anilines is 1. The normalized spacial score (nSPS) is 16.6. The Kier molecular flexibility index (Phi) is 6.90. The first-order valence-corrected chi connectivity index (χ1v) is 8.68. The molecule has 0 bridgehead atoms. The number of halogens is 1. The van der Waals surface area contributed by atoms with Crippen LogP contribution in [0.1, 0.15) is 51.9 Å². The first kappa shape index (κ1) is 17.8. The van der Waals surface area contributed by atoms with E-state index in [-0.39, 0.29) is 11.9 Å². The van der Waals surface area contributed by atoms with Gasteiger partial charge < -0.3 is 10.1 Å². The third-order valence-electron chi connectivity index (χ3n) is 4.27. The van der Waals surface area contributed by atoms with Crippen molar-refractivity contribution in [1.82, 2.24) is 0 Å². The van der Waals surface area contributed by atoms with Crippen LogP contribution in [0.2, 0.25) is 5.02 Å². The smallest absolute Gasteiger partial charge is 0.306 e. The Hall–Kier alpha value is -1.55. The zero-order valence-corrected chi connectivity index (χ0v) is 14.3. The molecule has 5 heteroatoms. The molecule has 4 nitrogen and oxygen atoms in total. The van der Waals surface area contributed by atoms with E-state index in [4.69, 9.17) is 16.3 Å². The zero-order chi connectivity index (χ0) is 16.7. The van der Waals surface area contributed by atoms with E-state index in [1.807, 2.05) is 0 Å². The van der Waals surface area contributed by atoms with Gasteiger partial charge in [-0.15, -0.1) is 0 Å². The van der Waals surface area contributed by atoms with E-state index in [1.54, 1.807) is 31.2 Å². The molecule has 1 unspecified atom stereocenters. The van der Waals surface area contributed by atoms with Gasteiger partial charge in [0.05, 0.1) is 0 Å². The summed E-state index contributed by atoms with van der Waals surface area (Å²) in [6.07, 6.45) is 6.71. The van der Waals surface area contributed by atoms with Crippen LogP contribution < -0.4 is 5.32 Å². The topological polar surface area (TPSA) is 55.4 Å². The Morgan fingerprint density at radius 2 is 1.87 bits per heavy atom. The average molecular weight is 338 g/mol. The van der Waals surface area contributed by atoms with Crippen LogP contribution in [0.4, 0.5) is 5.69 Å². The van der Waals surface area contributed by atoms with Gasteiger partial charge in [-0.1, -0.05) is 43.7 Å². The van der Waals surface area contributed by atoms with Crippen LogP contribution in [0.25, 0.3) is 0 Å². The maximum Gasteiger partial charge on any atom is 0.306 e. The van der Waals surface area contributed by atoms with E-state index >= 15 is 0 Å². The number of esters is 1. The van der Waals surface area contributed by atoms with E-state index in [2.05, 4.69) is 5.32 Å². The summed E-state index contributed by atoms with van der Waals surface area (Å²) in [5.41, 5.74) is 0.629. The van der Waals surface area contributed by atoms with E-state index in [1.165, 1.54) is 32.1 Å². The lowest BCUT2D eigenvalue weighted by Crippen LogP contribution is -2.30. The number of benzene rings is 1. The fourth-order valence-electron chi connectivity index (χ4n) is 2.88. The van der Waals surface area contributed by atoms with Crippen LogP contribution in [-0.2, 0) is 14.3 Å². The zero-order valence-electron chi connectivity index (χ0n) is 13.5. The molecule has 1 aliphatic rings. The maximum atomic E-state index is 12.0. The van der Waals surface area contributed by atoms with Gasteiger partial charge in [-0.3, -0.25) is 9.59 Å². The van der Waals surface area contributed by atoms with Crippen molar-refractivity contribution in [3.8, 4) is 0 Å². The predicted octanol–water partition coefficient (Wildman–Crippen LogP) is 4.57. The highest BCUT2D eigenvalue weighted by Crippen LogP contribution is 2.27. The second-order valence-corrected chi connectivity index (χ2v) is 6.61. The first-order valence-electron chi connectivity index (χ1n) is 8.30. The summed E-state index contributed by atoms with van der Waals surface area (Å²) >= 11 is 5.80. The van der Waals surface area contributed by atoms with Crippen molar-refractivity contribution >= 4 is 29.2 Å². The summed E-state index contributed by atoms with van der Waals surface area (Å²) in [6, 6.07) is 6.80. The van der Waals surface area contributed by atoms with E-state index < -0.39 is 6.10 Å². The summed E-state index contributed by atoms with van der Waals surface area (Å²) in [4.78, 5) is 23.9. The third kappa shape index (κ3) is 6.22. The van der Waals surface area contributed by atoms with Crippen molar-refractivity contribution in [2.75, 3.05) is 5.32 Å². The van der Waals surface area contributed by atoms with E-state index in [9.17, 15) is 9.59 Å². The lowest BCUT2D eigenvalue weighted by molar-refractivity contribution is -0.153. The summed E-state index contributed by atoms with van der Waals surface area (Å²) in [5.74, 6) is 0.00201. The molecule has 1 amide bonds. The number of carbonyl (C=O) groups excluding carboxylic acids is 2. The van der Waals surface area contributed by atoms with Gasteiger partial charge in [-0.2, -0.15) is 0 Å². The van der Waals surface area contributed by atoms with Crippen LogP contribution in [0, 0.1) is 5.92 Å². The van der Waals surface area contributed by atoms with Crippen LogP contribution >= 0.6 is 11.6 Å². The molecule has 1 aromatic carbocycles. The predicted molar refractivity (Wildman–Crippen MR) is 91.4 cm³/mol. The van der Waals surface area contributed by atoms with Crippen molar-refractivity contribution in [3.05, 3.63) is 29.3 Å². The van der Waals surface area contributed by atoms with Crippen LogP contribution in [0.3, 0.4) is 0 Å². The van der Waals surface area contributed by atoms with Gasteiger partial charge in [0.2, 0.25) is 0 Å². The number of hydrogen-bond acceptors (Lipinski definition) is 3. The number of hydrogen-bond donors (Lipinski definition) is 1. The van der Waals surface area contributed by atoms with Gasteiger partial charge in [-0.05, 0) is 43.5 Å². The summed E-state index contributed by atoms with van der Waals surface area (Å²) < 4.78 is 5.22. The van der Waals surface area contributed by atoms with Crippen molar-refractivity contribution in [2.24, 2.45) is 5.92 Å². The van der Waals surface area contributed by atoms with Crippen molar-refractivity contribution in [1.29, 1.82) is 0 Å². The quantitative estimate of drug-likeness (QED) is 0.773. The van der Waals surface area contributed by atoms with Crippen molar-refractivity contribution in [2.45, 2.75) is 58.0 Å². The molecule has 1 atom stereocenters. The highest BCUT2D eigenvalue weighted by atomic mass is 35.5. The van der Waals surface area contributed by atoms with Crippen LogP contribution in [0.15, 0.2) is 24.3 Å². The van der Waals surface area contributed by atoms with Gasteiger partial charge in [0, 0.05) is 17.1 Å². The van der Waals surface area contributed by atoms with Gasteiger partial charge in [-0.25, -0.2) is 0 Å². The van der Waals surface area contributed by atoms with Crippen molar-refractivity contribution in [3.63, 3.8) is 0 Å². The van der Waals surface area contributed by atoms with Gasteiger partial charge in [0.1, 0.15) is 0 Å². The third-order valence-corrected chi connectivity index (χ3v) is 4.52. The molecule has 1 aliphatic carbocycles. The standard InChI is InChI=1S/C18H24ClNO3/c1-13(18(22)20-16-10-8-15(19)9-11-16)23-17(21)12-7-14-5-3-2-4-6-14/h8-11,13-14H,2-7,12H2,1H3,(H,20,22). The molecule has 23 heavy (non-hydrogen) atoms. The second kappa shape index (κ2) is 8.92. The molecule has 0 radical (unpaired) electrons. The Labute approximate surface area is 142 Å². The Balaban J connectivity index is 1.71. The summed E-state index contributed by atoms with van der Waals surface area (Å²) in [6.45, 7) is 1.59. The molecule has 2 rings (SSSR count). The monoisotopic (exact) mass is 337 g/mol. The SMILES string of the molecule is CC(OC(=O)CCC1CCCCC1)C(=O)Nc1ccc(Cl)cc1. The second-order valence-electron chi connectivity index (χ2n) is 6.17. The molecule has 0 aromatic heterocycles. The molecule has 0 saturated heterocycles. The number of rotatable bonds is 6. The number of ether oxygens (including phenoxy) is 1. The van der Waals surface area contributed by atoms with Crippen LogP contribution in [-0.4, -0.2) is 18.0 Å². The Bertz CT molecular complexity index is 524. The minimum absolute atomic E-state index is 0.297. The minimum atomic E-state index is -0.801. The number of carbonyl (C=O) groups is 2. The molecule has 1 fully saturated rings. The number of nitrogens with one attached hydrogen (secondary N) is 1. The minimum Gasteiger partial charge on any atom is -0.453 e. The van der Waals surface area contributed by atoms with Crippen molar-refractivity contribution < 1.29 is 14.3 Å². The molecule has 1 saturated carbocycles. The highest BCUT2D eigenvalue weighted by Gasteiger charge is 2.20. The van der Waals surface area contributed by atoms with E-state index in [0.717, 1.165) is 6.42 Å². The highest BCUT2D eigenvalue weighted by molar-refractivity contribution is 6.30. The summed E-state index contributed by atoms with van der Waals surface area (Å²) in [5, 5.41) is 3.31. The molecule has 0 spiro atoms. The Morgan fingerprint density at radius 1 is 1.22 bits per heavy atom. The average Bonchev–Trinajstić information content (AvgIpc) is 2.56. The fourth-order valence-corrected chi connectivity index (χ4v) is 3.01. The maximum absolute atomic E-state index is 12.0. The molecular formula is C18H24ClNO3. The number of amides is 1. The molecule has 126 valence electrons. The van der Waals surface area contributed by atoms with E-state index in [0.29, 0.717) is 23.0 Å². The molecule has 0 heterocycles. The lowest BCUT2D eigenvalue weighted by atomic mass is 9.86. The Morgan fingerprint density at radius 3 is 2.52 bits per heavy atom. The molecular weight excluding hydrogens is 314 g/mol. The summed E-state index contributed by atoms with van der Waals surface area (Å²) in [7, 11) is 0. The lowest BCUT2D eigenvalue weighted by Gasteiger charge is -2.21. The van der Waals surface area contributed by atoms with Gasteiger partial charge in [0.25, 0.3) is 5.91 Å². The fraction of sp³-hybridized carbons (Fsp3) is 0.556. The van der Waals surface area contributed by atoms with Gasteiger partial charge >= 0.3 is 5.97 Å². The molecule has 0 aliphatic heterocycles. The molecule has 1 N–H and O–H groups in total. The largest absolute Gasteiger partial charge is 0.453 e. The molecule has 1 aromatic rings. The first-order chi connectivity index (χ1) is 11.0. The van der Waals surface area contributed by atoms with Crippen LogP contribution in [0.5, 0.6) is 0 Å². The van der Waals surface area contributed by atoms with Gasteiger partial charge in [0.15, 0.2) is 6.10 Å².